The van der Waals surface area contributed by atoms with Crippen molar-refractivity contribution >= 4 is 33.8 Å². The molecular weight excluding hydrogens is 332 g/mol. The molecule has 6 nitrogen and oxygen atoms in total. The molecule has 5 aromatic rings. The first-order chi connectivity index (χ1) is 12.4. The van der Waals surface area contributed by atoms with E-state index in [-0.39, 0.29) is 0 Å². The van der Waals surface area contributed by atoms with Crippen molar-refractivity contribution in [2.75, 3.05) is 0 Å². The minimum absolute atomic E-state index is 0.699. The molecule has 120 valence electrons. The molecule has 0 fully saturated rings. The van der Waals surface area contributed by atoms with Gasteiger partial charge in [0.25, 0.3) is 0 Å². The molecule has 0 unspecified atom stereocenters. The Hall–Kier alpha value is -3.19. The summed E-state index contributed by atoms with van der Waals surface area (Å²) in [6, 6.07) is 16.2. The van der Waals surface area contributed by atoms with Gasteiger partial charge < -0.3 is 0 Å². The van der Waals surface area contributed by atoms with Gasteiger partial charge in [0.1, 0.15) is 11.8 Å². The Balaban J connectivity index is 1.60. The number of rotatable bonds is 3. The van der Waals surface area contributed by atoms with E-state index >= 15 is 0 Å². The number of benzene rings is 2. The van der Waals surface area contributed by atoms with Crippen LogP contribution in [-0.2, 0) is 0 Å². The maximum atomic E-state index is 4.70. The quantitative estimate of drug-likeness (QED) is 0.503. The van der Waals surface area contributed by atoms with Crippen molar-refractivity contribution in [2.24, 2.45) is 0 Å². The van der Waals surface area contributed by atoms with E-state index in [9.17, 15) is 0 Å². The lowest BCUT2D eigenvalue weighted by molar-refractivity contribution is 0.967. The van der Waals surface area contributed by atoms with Crippen molar-refractivity contribution in [3.05, 3.63) is 67.3 Å². The van der Waals surface area contributed by atoms with Crippen molar-refractivity contribution in [3.63, 3.8) is 0 Å². The molecule has 3 aromatic heterocycles. The summed E-state index contributed by atoms with van der Waals surface area (Å²) in [4.78, 5) is 14.6. The first-order valence-electron chi connectivity index (χ1n) is 7.73. The number of hydrogen-bond acceptors (Lipinski definition) is 5. The second-order valence-electron chi connectivity index (χ2n) is 5.53. The van der Waals surface area contributed by atoms with Crippen LogP contribution in [-0.4, -0.2) is 29.7 Å². The molecule has 2 aromatic carbocycles. The maximum absolute atomic E-state index is 4.70. The molecule has 0 spiro atoms. The van der Waals surface area contributed by atoms with E-state index in [0.29, 0.717) is 5.16 Å². The zero-order valence-corrected chi connectivity index (χ0v) is 13.8. The zero-order chi connectivity index (χ0) is 16.6. The number of aromatic nitrogens is 6. The fourth-order valence-electron chi connectivity index (χ4n) is 2.71. The van der Waals surface area contributed by atoms with Crippen LogP contribution in [0.2, 0.25) is 0 Å². The van der Waals surface area contributed by atoms with Crippen LogP contribution in [0.4, 0.5) is 0 Å². The molecule has 7 heteroatoms. The molecular formula is C18H12N6S. The maximum Gasteiger partial charge on any atom is 0.194 e. The van der Waals surface area contributed by atoms with Crippen LogP contribution in [0, 0.1) is 0 Å². The normalized spacial score (nSPS) is 11.4. The Morgan fingerprint density at radius 2 is 1.88 bits per heavy atom. The van der Waals surface area contributed by atoms with E-state index in [1.807, 2.05) is 53.2 Å². The van der Waals surface area contributed by atoms with Gasteiger partial charge in [0, 0.05) is 16.0 Å². The molecule has 0 aliphatic carbocycles. The molecule has 0 bridgehead atoms. The number of hydrogen-bond donors (Lipinski definition) is 1. The first-order valence-corrected chi connectivity index (χ1v) is 8.55. The van der Waals surface area contributed by atoms with Crippen molar-refractivity contribution in [1.29, 1.82) is 0 Å². The highest BCUT2D eigenvalue weighted by Crippen LogP contribution is 2.26. The lowest BCUT2D eigenvalue weighted by atomic mass is 10.2. The minimum atomic E-state index is 0.699. The minimum Gasteiger partial charge on any atom is -0.283 e. The fourth-order valence-corrected chi connectivity index (χ4v) is 3.45. The van der Waals surface area contributed by atoms with Gasteiger partial charge in [-0.1, -0.05) is 18.2 Å². The summed E-state index contributed by atoms with van der Waals surface area (Å²) in [5.41, 5.74) is 3.55. The fraction of sp³-hybridized carbons (Fsp3) is 0. The third kappa shape index (κ3) is 2.54. The lowest BCUT2D eigenvalue weighted by Crippen LogP contribution is -1.95. The van der Waals surface area contributed by atoms with Crippen LogP contribution in [0.5, 0.6) is 0 Å². The Morgan fingerprint density at radius 3 is 2.80 bits per heavy atom. The topological polar surface area (TPSA) is 72.3 Å². The van der Waals surface area contributed by atoms with Gasteiger partial charge in [0.15, 0.2) is 10.8 Å². The van der Waals surface area contributed by atoms with Crippen molar-refractivity contribution < 1.29 is 0 Å². The largest absolute Gasteiger partial charge is 0.283 e. The van der Waals surface area contributed by atoms with E-state index in [4.69, 9.17) is 4.98 Å². The van der Waals surface area contributed by atoms with E-state index in [1.54, 1.807) is 12.5 Å². The van der Waals surface area contributed by atoms with Crippen molar-refractivity contribution in [3.8, 4) is 5.69 Å². The predicted molar refractivity (Wildman–Crippen MR) is 96.9 cm³/mol. The van der Waals surface area contributed by atoms with Crippen molar-refractivity contribution in [1.82, 2.24) is 29.7 Å². The zero-order valence-electron chi connectivity index (χ0n) is 13.0. The molecule has 0 amide bonds. The molecule has 0 saturated heterocycles. The molecule has 0 aliphatic rings. The highest BCUT2D eigenvalue weighted by atomic mass is 32.2. The number of aromatic amines is 1. The van der Waals surface area contributed by atoms with Crippen LogP contribution in [0.15, 0.2) is 77.3 Å². The number of nitrogens with zero attached hydrogens (tertiary/aromatic N) is 5. The molecule has 0 saturated carbocycles. The van der Waals surface area contributed by atoms with Crippen LogP contribution >= 0.6 is 11.8 Å². The SMILES string of the molecule is c1ccc(Sc2ncc3ncn(-c4ccc5[nH]ncc5c4)c3n2)cc1. The Kier molecular flexibility index (Phi) is 3.24. The second-order valence-corrected chi connectivity index (χ2v) is 6.57. The summed E-state index contributed by atoms with van der Waals surface area (Å²) in [5, 5.41) is 8.78. The number of imidazole rings is 1. The van der Waals surface area contributed by atoms with E-state index < -0.39 is 0 Å². The van der Waals surface area contributed by atoms with E-state index in [2.05, 4.69) is 26.2 Å². The van der Waals surface area contributed by atoms with Gasteiger partial charge in [0.2, 0.25) is 0 Å². The summed E-state index contributed by atoms with van der Waals surface area (Å²) < 4.78 is 1.97. The average molecular weight is 344 g/mol. The summed E-state index contributed by atoms with van der Waals surface area (Å²) in [5.74, 6) is 0. The van der Waals surface area contributed by atoms with E-state index in [1.165, 1.54) is 11.8 Å². The average Bonchev–Trinajstić information content (AvgIpc) is 3.28. The third-order valence-corrected chi connectivity index (χ3v) is 4.81. The van der Waals surface area contributed by atoms with Gasteiger partial charge >= 0.3 is 0 Å². The molecule has 0 atom stereocenters. The van der Waals surface area contributed by atoms with Gasteiger partial charge in [-0.15, -0.1) is 0 Å². The predicted octanol–water partition coefficient (Wildman–Crippen LogP) is 3.84. The lowest BCUT2D eigenvalue weighted by Gasteiger charge is -2.05. The third-order valence-electron chi connectivity index (χ3n) is 3.92. The van der Waals surface area contributed by atoms with Gasteiger partial charge in [0.05, 0.1) is 17.9 Å². The highest BCUT2D eigenvalue weighted by Gasteiger charge is 2.10. The summed E-state index contributed by atoms with van der Waals surface area (Å²) >= 11 is 1.54. The number of nitrogens with one attached hydrogen (secondary N) is 1. The summed E-state index contributed by atoms with van der Waals surface area (Å²) in [6.07, 6.45) is 5.35. The molecule has 0 aliphatic heterocycles. The first kappa shape index (κ1) is 14.2. The molecule has 3 heterocycles. The smallest absolute Gasteiger partial charge is 0.194 e. The van der Waals surface area contributed by atoms with Gasteiger partial charge in [-0.3, -0.25) is 9.67 Å². The van der Waals surface area contributed by atoms with E-state index in [0.717, 1.165) is 32.6 Å². The van der Waals surface area contributed by atoms with Crippen LogP contribution in [0.25, 0.3) is 27.8 Å². The molecule has 1 N–H and O–H groups in total. The van der Waals surface area contributed by atoms with Crippen LogP contribution < -0.4 is 0 Å². The number of fused-ring (bicyclic) bond motifs is 2. The van der Waals surface area contributed by atoms with Gasteiger partial charge in [-0.05, 0) is 42.1 Å². The monoisotopic (exact) mass is 344 g/mol. The Morgan fingerprint density at radius 1 is 0.960 bits per heavy atom. The van der Waals surface area contributed by atoms with Crippen LogP contribution in [0.3, 0.4) is 0 Å². The standard InChI is InChI=1S/C18H12N6S/c1-2-4-14(5-3-1)25-18-19-10-16-17(22-18)24(11-20-16)13-6-7-15-12(8-13)9-21-23-15/h1-11H,(H,21,23). The Bertz CT molecular complexity index is 1180. The molecule has 0 radical (unpaired) electrons. The van der Waals surface area contributed by atoms with Crippen LogP contribution in [0.1, 0.15) is 0 Å². The molecule has 5 rings (SSSR count). The Labute approximate surface area is 147 Å². The molecule has 25 heavy (non-hydrogen) atoms. The van der Waals surface area contributed by atoms with Gasteiger partial charge in [-0.2, -0.15) is 5.10 Å². The second kappa shape index (κ2) is 5.71. The van der Waals surface area contributed by atoms with Crippen molar-refractivity contribution in [2.45, 2.75) is 10.1 Å². The van der Waals surface area contributed by atoms with Gasteiger partial charge in [-0.25, -0.2) is 15.0 Å². The summed E-state index contributed by atoms with van der Waals surface area (Å²) in [7, 11) is 0. The number of H-pyrrole nitrogens is 1. The summed E-state index contributed by atoms with van der Waals surface area (Å²) in [6.45, 7) is 0. The highest BCUT2D eigenvalue weighted by molar-refractivity contribution is 7.99.